The number of aromatic hydroxyl groups is 1. The second-order valence-corrected chi connectivity index (χ2v) is 11.2. The third kappa shape index (κ3) is 3.73. The first kappa shape index (κ1) is 26.7. The van der Waals surface area contributed by atoms with E-state index in [0.29, 0.717) is 17.5 Å². The molecule has 1 aromatic rings. The highest BCUT2D eigenvalue weighted by Gasteiger charge is 2.63. The average Bonchev–Trinajstić information content (AvgIpc) is 2.77. The number of allylic oxidation sites excluding steroid dienone is 1. The molecular weight excluding hydrogens is 478 g/mol. The summed E-state index contributed by atoms with van der Waals surface area (Å²) in [6.45, 7) is 3.98. The first-order chi connectivity index (χ1) is 17.1. The maximum Gasteiger partial charge on any atom is 0.255 e. The number of amides is 1. The zero-order valence-electron chi connectivity index (χ0n) is 22.0. The van der Waals surface area contributed by atoms with Crippen LogP contribution in [0.25, 0.3) is 0 Å². The Morgan fingerprint density at radius 3 is 2.30 bits per heavy atom. The molecule has 1 aromatic carbocycles. The Bertz CT molecular complexity index is 1280. The van der Waals surface area contributed by atoms with Crippen molar-refractivity contribution in [3.05, 3.63) is 45.4 Å². The summed E-state index contributed by atoms with van der Waals surface area (Å²) in [7, 11) is 6.89. The highest BCUT2D eigenvalue weighted by Crippen LogP contribution is 2.53. The van der Waals surface area contributed by atoms with Crippen LogP contribution >= 0.6 is 0 Å². The van der Waals surface area contributed by atoms with Crippen LogP contribution in [0.2, 0.25) is 0 Å². The summed E-state index contributed by atoms with van der Waals surface area (Å²) in [4.78, 5) is 42.8. The normalized spacial score (nSPS) is 27.4. The number of phenols is 1. The van der Waals surface area contributed by atoms with Gasteiger partial charge in [-0.15, -0.1) is 0 Å². The minimum absolute atomic E-state index is 0.0441. The first-order valence-electron chi connectivity index (χ1n) is 12.3. The van der Waals surface area contributed by atoms with Crippen LogP contribution in [0.4, 0.5) is 5.69 Å². The van der Waals surface area contributed by atoms with E-state index in [1.165, 1.54) is 4.90 Å². The third-order valence-electron chi connectivity index (χ3n) is 7.89. The van der Waals surface area contributed by atoms with Gasteiger partial charge in [0, 0.05) is 31.3 Å². The molecule has 0 radical (unpaired) electrons. The van der Waals surface area contributed by atoms with Crippen LogP contribution in [0.5, 0.6) is 5.75 Å². The van der Waals surface area contributed by atoms with E-state index in [1.807, 2.05) is 38.9 Å². The number of benzene rings is 1. The second-order valence-electron chi connectivity index (χ2n) is 11.2. The maximum absolute atomic E-state index is 13.9. The Kier molecular flexibility index (Phi) is 6.41. The van der Waals surface area contributed by atoms with Crippen molar-refractivity contribution in [3.8, 4) is 5.75 Å². The number of nitrogens with two attached hydrogens (primary N) is 1. The molecule has 0 bridgehead atoms. The molecule has 37 heavy (non-hydrogen) atoms. The Morgan fingerprint density at radius 2 is 1.78 bits per heavy atom. The van der Waals surface area contributed by atoms with Crippen molar-refractivity contribution in [2.75, 3.05) is 33.1 Å². The zero-order valence-corrected chi connectivity index (χ0v) is 22.0. The van der Waals surface area contributed by atoms with E-state index in [1.54, 1.807) is 14.1 Å². The fraction of sp³-hybridized carbons (Fsp3) is 0.519. The summed E-state index contributed by atoms with van der Waals surface area (Å²) in [6, 6.07) is 0.857. The fourth-order valence-corrected chi connectivity index (χ4v) is 6.35. The number of primary amides is 1. The van der Waals surface area contributed by atoms with E-state index < -0.39 is 58.0 Å². The van der Waals surface area contributed by atoms with E-state index in [9.17, 15) is 34.8 Å². The average molecular weight is 514 g/mol. The molecule has 0 fully saturated rings. The molecule has 0 heterocycles. The number of aliphatic hydroxyl groups excluding tert-OH is 2. The quantitative estimate of drug-likeness (QED) is 0.366. The van der Waals surface area contributed by atoms with E-state index in [-0.39, 0.29) is 35.6 Å². The third-order valence-corrected chi connectivity index (χ3v) is 7.89. The number of hydrogen-bond acceptors (Lipinski definition) is 9. The Labute approximate surface area is 215 Å². The predicted molar refractivity (Wildman–Crippen MR) is 137 cm³/mol. The Balaban J connectivity index is 1.98. The van der Waals surface area contributed by atoms with E-state index in [2.05, 4.69) is 0 Å². The number of likely N-dealkylation sites (N-methyl/N-ethyl adjacent to an activating group) is 1. The Morgan fingerprint density at radius 1 is 1.16 bits per heavy atom. The molecule has 10 heteroatoms. The lowest BCUT2D eigenvalue weighted by atomic mass is 9.58. The molecule has 3 aliphatic carbocycles. The molecule has 0 saturated carbocycles. The van der Waals surface area contributed by atoms with Gasteiger partial charge >= 0.3 is 0 Å². The Hall–Kier alpha value is -3.37. The number of nitrogens with zero attached hydrogens (tertiary/aromatic N) is 2. The molecule has 3 aliphatic rings. The highest BCUT2D eigenvalue weighted by molar-refractivity contribution is 6.24. The van der Waals surface area contributed by atoms with Crippen molar-refractivity contribution in [1.29, 1.82) is 0 Å². The van der Waals surface area contributed by atoms with Gasteiger partial charge in [0.1, 0.15) is 22.8 Å². The summed E-state index contributed by atoms with van der Waals surface area (Å²) >= 11 is 0. The molecule has 4 rings (SSSR count). The van der Waals surface area contributed by atoms with Crippen LogP contribution in [0.1, 0.15) is 41.8 Å². The van der Waals surface area contributed by atoms with Gasteiger partial charge in [-0.2, -0.15) is 0 Å². The van der Waals surface area contributed by atoms with Crippen molar-refractivity contribution in [2.45, 2.75) is 44.8 Å². The number of hydrogen-bond donors (Lipinski definition) is 5. The molecule has 0 aromatic heterocycles. The molecule has 0 spiro atoms. The van der Waals surface area contributed by atoms with Crippen molar-refractivity contribution >= 4 is 23.2 Å². The van der Waals surface area contributed by atoms with Gasteiger partial charge in [-0.3, -0.25) is 19.3 Å². The summed E-state index contributed by atoms with van der Waals surface area (Å²) in [5.74, 6) is -6.21. The maximum atomic E-state index is 13.9. The second kappa shape index (κ2) is 8.88. The predicted octanol–water partition coefficient (Wildman–Crippen LogP) is 1.39. The topological polar surface area (TPSA) is 165 Å². The van der Waals surface area contributed by atoms with Crippen molar-refractivity contribution < 1.29 is 34.8 Å². The van der Waals surface area contributed by atoms with Crippen molar-refractivity contribution in [3.63, 3.8) is 0 Å². The molecule has 10 nitrogen and oxygen atoms in total. The van der Waals surface area contributed by atoms with Gasteiger partial charge in [-0.25, -0.2) is 0 Å². The molecule has 4 atom stereocenters. The standard InChI is InChI=1S/C27H35N3O7/c1-11(2)7-13-10-16(29(3)4)14-8-12-9-15-20(30(5)6)23(33)19(26(28)36)25(35)27(15,37)24(34)17(12)22(32)18(14)21(13)31/h10-12,15,20,31,33-34,37H,7-9H2,1-6H3,(H2,28,36)/t12-,15-,20+,27-/m1/s1. The van der Waals surface area contributed by atoms with Gasteiger partial charge in [-0.05, 0) is 62.4 Å². The monoisotopic (exact) mass is 513 g/mol. The van der Waals surface area contributed by atoms with Crippen LogP contribution in [-0.4, -0.2) is 82.6 Å². The number of anilines is 1. The molecule has 0 saturated heterocycles. The van der Waals surface area contributed by atoms with E-state index in [0.717, 1.165) is 5.69 Å². The number of carbonyl (C=O) groups excluding carboxylic acids is 3. The molecule has 0 aliphatic heterocycles. The van der Waals surface area contributed by atoms with Gasteiger partial charge in [0.15, 0.2) is 11.4 Å². The van der Waals surface area contributed by atoms with Gasteiger partial charge < -0.3 is 31.1 Å². The molecule has 1 amide bonds. The number of phenolic OH excluding ortho intramolecular Hbond substituents is 1. The summed E-state index contributed by atoms with van der Waals surface area (Å²) < 4.78 is 0. The van der Waals surface area contributed by atoms with Gasteiger partial charge in [-0.1, -0.05) is 13.8 Å². The number of rotatable bonds is 5. The van der Waals surface area contributed by atoms with Crippen LogP contribution < -0.4 is 10.6 Å². The molecular formula is C27H35N3O7. The minimum Gasteiger partial charge on any atom is -0.510 e. The smallest absolute Gasteiger partial charge is 0.255 e. The molecule has 0 unspecified atom stereocenters. The van der Waals surface area contributed by atoms with E-state index in [4.69, 9.17) is 5.73 Å². The number of fused-ring (bicyclic) bond motifs is 3. The van der Waals surface area contributed by atoms with Crippen molar-refractivity contribution in [1.82, 2.24) is 4.90 Å². The van der Waals surface area contributed by atoms with Crippen LogP contribution in [0, 0.1) is 17.8 Å². The highest BCUT2D eigenvalue weighted by atomic mass is 16.3. The largest absolute Gasteiger partial charge is 0.510 e. The minimum atomic E-state index is -2.64. The molecule has 200 valence electrons. The van der Waals surface area contributed by atoms with Crippen LogP contribution in [-0.2, 0) is 22.4 Å². The van der Waals surface area contributed by atoms with Crippen molar-refractivity contribution in [2.24, 2.45) is 23.5 Å². The molecule has 6 N–H and O–H groups in total. The number of carbonyl (C=O) groups is 3. The van der Waals surface area contributed by atoms with Gasteiger partial charge in [0.2, 0.25) is 5.78 Å². The lowest BCUT2D eigenvalue weighted by molar-refractivity contribution is -0.148. The lowest BCUT2D eigenvalue weighted by Gasteiger charge is -2.50. The SMILES string of the molecule is CC(C)Cc1cc(N(C)C)c2c(c1O)C(=O)C1=C(O)[C@@]3(O)C(=O)C(C(N)=O)=C(O)[C@@H](N(C)C)[C@H]3C[C@H]1C2. The zero-order chi connectivity index (χ0) is 27.7. The van der Waals surface area contributed by atoms with Gasteiger partial charge in [0.25, 0.3) is 5.91 Å². The first-order valence-corrected chi connectivity index (χ1v) is 12.3. The number of aliphatic hydroxyl groups is 3. The lowest BCUT2D eigenvalue weighted by Crippen LogP contribution is -2.63. The fourth-order valence-electron chi connectivity index (χ4n) is 6.35. The van der Waals surface area contributed by atoms with Gasteiger partial charge in [0.05, 0.1) is 11.6 Å². The summed E-state index contributed by atoms with van der Waals surface area (Å²) in [5.41, 5.74) is 3.78. The number of Topliss-reactive ketones (excluding diaryl/α,β-unsaturated/α-hetero) is 2. The summed E-state index contributed by atoms with van der Waals surface area (Å²) in [5, 5.41) is 45.1. The van der Waals surface area contributed by atoms with E-state index >= 15 is 0 Å². The number of ketones is 2. The van der Waals surface area contributed by atoms with Crippen LogP contribution in [0.15, 0.2) is 28.7 Å². The van der Waals surface area contributed by atoms with Crippen LogP contribution in [0.3, 0.4) is 0 Å². The summed E-state index contributed by atoms with van der Waals surface area (Å²) in [6.07, 6.45) is 0.841.